The average molecular weight is 498 g/mol. The normalized spacial score (nSPS) is 19.5. The number of rotatable bonds is 4. The fraction of sp³-hybridized carbons (Fsp3) is 0.520. The largest absolute Gasteiger partial charge is 0.377 e. The lowest BCUT2D eigenvalue weighted by atomic mass is 10.0. The summed E-state index contributed by atoms with van der Waals surface area (Å²) in [6.45, 7) is 4.81. The zero-order valence-corrected chi connectivity index (χ0v) is 20.9. The lowest BCUT2D eigenvalue weighted by molar-refractivity contribution is 0.0983. The summed E-state index contributed by atoms with van der Waals surface area (Å²) in [6.07, 6.45) is 2.56. The lowest BCUT2D eigenvalue weighted by Gasteiger charge is -2.38. The number of halogens is 1. The molecule has 11 heteroatoms. The van der Waals surface area contributed by atoms with Gasteiger partial charge < -0.3 is 30.1 Å². The minimum absolute atomic E-state index is 0.0896. The average Bonchev–Trinajstić information content (AvgIpc) is 3.66. The standard InChI is InChI=1S/C25H32FN7O3/c1-15-14-36-11-10-33(15)23-19-8-9-32(25(35)31(2)3)13-21(19)29-22(30-23)18-7-6-17(12-20(18)26)28-24(34)27-16-4-5-16/h6-7,12,15-16H,4-5,8-11,13-14H2,1-3H3,(H2,27,28,34)/t15-/m0/s1. The number of benzene rings is 1. The van der Waals surface area contributed by atoms with Crippen LogP contribution < -0.4 is 15.5 Å². The molecule has 1 aromatic carbocycles. The van der Waals surface area contributed by atoms with Crippen LogP contribution >= 0.6 is 0 Å². The maximum atomic E-state index is 15.3. The summed E-state index contributed by atoms with van der Waals surface area (Å²) in [5.74, 6) is 0.499. The van der Waals surface area contributed by atoms with Gasteiger partial charge in [0.25, 0.3) is 0 Å². The quantitative estimate of drug-likeness (QED) is 0.674. The molecule has 36 heavy (non-hydrogen) atoms. The van der Waals surface area contributed by atoms with Gasteiger partial charge >= 0.3 is 12.1 Å². The number of hydrogen-bond acceptors (Lipinski definition) is 6. The van der Waals surface area contributed by atoms with Crippen LogP contribution in [0.1, 0.15) is 31.0 Å². The van der Waals surface area contributed by atoms with E-state index in [1.54, 1.807) is 36.0 Å². The van der Waals surface area contributed by atoms with Crippen LogP contribution in [0.15, 0.2) is 18.2 Å². The molecule has 0 bridgehead atoms. The van der Waals surface area contributed by atoms with Crippen LogP contribution in [0.4, 0.5) is 25.5 Å². The SMILES string of the molecule is C[C@H]1COCCN1c1nc(-c2ccc(NC(=O)NC3CC3)cc2F)nc2c1CCN(C(=O)N(C)C)C2. The summed E-state index contributed by atoms with van der Waals surface area (Å²) in [4.78, 5) is 39.7. The molecule has 1 aliphatic carbocycles. The van der Waals surface area contributed by atoms with Gasteiger partial charge in [-0.2, -0.15) is 0 Å². The Labute approximate surface area is 209 Å². The van der Waals surface area contributed by atoms with Crippen LogP contribution in [0, 0.1) is 5.82 Å². The highest BCUT2D eigenvalue weighted by Gasteiger charge is 2.31. The van der Waals surface area contributed by atoms with Crippen LogP contribution in [0.2, 0.25) is 0 Å². The highest BCUT2D eigenvalue weighted by Crippen LogP contribution is 2.33. The maximum Gasteiger partial charge on any atom is 0.319 e. The van der Waals surface area contributed by atoms with Crippen molar-refractivity contribution >= 4 is 23.6 Å². The third kappa shape index (κ3) is 5.06. The Kier molecular flexibility index (Phi) is 6.65. The topological polar surface area (TPSA) is 103 Å². The second kappa shape index (κ2) is 9.88. The number of amides is 4. The Morgan fingerprint density at radius 3 is 2.69 bits per heavy atom. The Balaban J connectivity index is 1.49. The molecule has 2 N–H and O–H groups in total. The smallest absolute Gasteiger partial charge is 0.319 e. The van der Waals surface area contributed by atoms with Gasteiger partial charge in [-0.25, -0.2) is 23.9 Å². The predicted molar refractivity (Wildman–Crippen MR) is 133 cm³/mol. The van der Waals surface area contributed by atoms with Crippen molar-refractivity contribution in [3.8, 4) is 11.4 Å². The van der Waals surface area contributed by atoms with Crippen LogP contribution in [0.5, 0.6) is 0 Å². The second-order valence-electron chi connectivity index (χ2n) is 9.83. The molecule has 10 nitrogen and oxygen atoms in total. The fourth-order valence-corrected chi connectivity index (χ4v) is 4.61. The molecule has 4 amide bonds. The van der Waals surface area contributed by atoms with Crippen molar-refractivity contribution in [2.45, 2.75) is 44.8 Å². The summed E-state index contributed by atoms with van der Waals surface area (Å²) in [5.41, 5.74) is 2.31. The van der Waals surface area contributed by atoms with E-state index in [1.807, 2.05) is 0 Å². The molecular weight excluding hydrogens is 465 g/mol. The first-order valence-corrected chi connectivity index (χ1v) is 12.4. The van der Waals surface area contributed by atoms with E-state index in [2.05, 4.69) is 22.5 Å². The van der Waals surface area contributed by atoms with Crippen molar-refractivity contribution in [1.29, 1.82) is 0 Å². The lowest BCUT2D eigenvalue weighted by Crippen LogP contribution is -2.46. The van der Waals surface area contributed by atoms with E-state index in [0.717, 1.165) is 29.9 Å². The van der Waals surface area contributed by atoms with E-state index in [1.165, 1.54) is 6.07 Å². The van der Waals surface area contributed by atoms with Crippen LogP contribution in [-0.2, 0) is 17.7 Å². The molecule has 5 rings (SSSR count). The van der Waals surface area contributed by atoms with Crippen LogP contribution in [0.3, 0.4) is 0 Å². The number of morpholine rings is 1. The first-order chi connectivity index (χ1) is 17.3. The van der Waals surface area contributed by atoms with Crippen molar-refractivity contribution in [1.82, 2.24) is 25.1 Å². The number of anilines is 2. The van der Waals surface area contributed by atoms with Crippen molar-refractivity contribution in [2.24, 2.45) is 0 Å². The number of carbonyl (C=O) groups is 2. The van der Waals surface area contributed by atoms with E-state index in [0.29, 0.717) is 45.0 Å². The molecule has 1 saturated heterocycles. The molecule has 0 radical (unpaired) electrons. The molecule has 0 unspecified atom stereocenters. The van der Waals surface area contributed by atoms with Gasteiger partial charge in [-0.15, -0.1) is 0 Å². The molecule has 2 aromatic rings. The Morgan fingerprint density at radius 1 is 1.19 bits per heavy atom. The van der Waals surface area contributed by atoms with E-state index in [4.69, 9.17) is 14.7 Å². The van der Waals surface area contributed by atoms with Gasteiger partial charge in [0.05, 0.1) is 37.1 Å². The molecular formula is C25H32FN7O3. The number of urea groups is 2. The second-order valence-corrected chi connectivity index (χ2v) is 9.83. The van der Waals surface area contributed by atoms with Crippen molar-refractivity contribution in [3.05, 3.63) is 35.3 Å². The number of nitrogens with one attached hydrogen (secondary N) is 2. The minimum Gasteiger partial charge on any atom is -0.377 e. The first-order valence-electron chi connectivity index (χ1n) is 12.4. The third-order valence-electron chi connectivity index (χ3n) is 6.72. The number of aromatic nitrogens is 2. The van der Waals surface area contributed by atoms with Gasteiger partial charge in [-0.05, 0) is 44.4 Å². The molecule has 2 aliphatic heterocycles. The van der Waals surface area contributed by atoms with Crippen molar-refractivity contribution < 1.29 is 18.7 Å². The highest BCUT2D eigenvalue weighted by atomic mass is 19.1. The Bertz CT molecular complexity index is 1170. The summed E-state index contributed by atoms with van der Waals surface area (Å²) < 4.78 is 20.9. The number of carbonyl (C=O) groups excluding carboxylic acids is 2. The highest BCUT2D eigenvalue weighted by molar-refractivity contribution is 5.90. The van der Waals surface area contributed by atoms with Gasteiger partial charge in [-0.1, -0.05) is 0 Å². The van der Waals surface area contributed by atoms with Crippen molar-refractivity contribution in [3.63, 3.8) is 0 Å². The summed E-state index contributed by atoms with van der Waals surface area (Å²) in [7, 11) is 3.44. The third-order valence-corrected chi connectivity index (χ3v) is 6.72. The van der Waals surface area contributed by atoms with E-state index >= 15 is 4.39 Å². The Hall–Kier alpha value is -3.47. The molecule has 3 heterocycles. The zero-order valence-electron chi connectivity index (χ0n) is 20.9. The van der Waals surface area contributed by atoms with Crippen molar-refractivity contribution in [2.75, 3.05) is 50.6 Å². The van der Waals surface area contributed by atoms with Gasteiger partial charge in [0.2, 0.25) is 0 Å². The number of fused-ring (bicyclic) bond motifs is 1. The molecule has 2 fully saturated rings. The molecule has 1 atom stereocenters. The maximum absolute atomic E-state index is 15.3. The van der Waals surface area contributed by atoms with Gasteiger partial charge in [0, 0.05) is 44.5 Å². The van der Waals surface area contributed by atoms with Gasteiger partial charge in [-0.3, -0.25) is 0 Å². The van der Waals surface area contributed by atoms with E-state index in [9.17, 15) is 9.59 Å². The minimum atomic E-state index is -0.530. The van der Waals surface area contributed by atoms with Crippen LogP contribution in [0.25, 0.3) is 11.4 Å². The monoisotopic (exact) mass is 497 g/mol. The molecule has 0 spiro atoms. The van der Waals surface area contributed by atoms with Crippen LogP contribution in [-0.4, -0.2) is 84.3 Å². The molecule has 1 aromatic heterocycles. The van der Waals surface area contributed by atoms with Gasteiger partial charge in [0.1, 0.15) is 11.6 Å². The fourth-order valence-electron chi connectivity index (χ4n) is 4.61. The number of ether oxygens (including phenoxy) is 1. The summed E-state index contributed by atoms with van der Waals surface area (Å²) in [6, 6.07) is 4.39. The van der Waals surface area contributed by atoms with Gasteiger partial charge in [0.15, 0.2) is 5.82 Å². The van der Waals surface area contributed by atoms with E-state index in [-0.39, 0.29) is 35.5 Å². The molecule has 3 aliphatic rings. The summed E-state index contributed by atoms with van der Waals surface area (Å²) >= 11 is 0. The summed E-state index contributed by atoms with van der Waals surface area (Å²) in [5, 5.41) is 5.50. The Morgan fingerprint density at radius 2 is 2.00 bits per heavy atom. The van der Waals surface area contributed by atoms with E-state index < -0.39 is 5.82 Å². The molecule has 1 saturated carbocycles. The zero-order chi connectivity index (χ0) is 25.4. The first kappa shape index (κ1) is 24.2. The predicted octanol–water partition coefficient (Wildman–Crippen LogP) is 2.83. The number of hydrogen-bond donors (Lipinski definition) is 2. The number of nitrogens with zero attached hydrogens (tertiary/aromatic N) is 5. The molecule has 192 valence electrons.